The van der Waals surface area contributed by atoms with E-state index in [0.29, 0.717) is 0 Å². The van der Waals surface area contributed by atoms with Gasteiger partial charge in [0.05, 0.1) is 0 Å². The van der Waals surface area contributed by atoms with Crippen LogP contribution in [-0.4, -0.2) is 11.2 Å². The van der Waals surface area contributed by atoms with Gasteiger partial charge >= 0.3 is 0 Å². The highest BCUT2D eigenvalue weighted by molar-refractivity contribution is 7.97. The third-order valence-corrected chi connectivity index (χ3v) is 2.33. The summed E-state index contributed by atoms with van der Waals surface area (Å²) in [7, 11) is 0. The summed E-state index contributed by atoms with van der Waals surface area (Å²) in [4.78, 5) is 4.05. The number of aromatic nitrogens is 1. The second-order valence-electron chi connectivity index (χ2n) is 2.59. The van der Waals surface area contributed by atoms with Crippen LogP contribution in [0.15, 0.2) is 29.0 Å². The summed E-state index contributed by atoms with van der Waals surface area (Å²) in [6.07, 6.45) is 3.57. The van der Waals surface area contributed by atoms with Gasteiger partial charge in [-0.2, -0.15) is 11.8 Å². The monoisotopic (exact) mass is 179 g/mol. The molecule has 0 atom stereocenters. The second-order valence-corrected chi connectivity index (χ2v) is 3.45. The lowest BCUT2D eigenvalue weighted by molar-refractivity contribution is 0.602. The van der Waals surface area contributed by atoms with Gasteiger partial charge in [0, 0.05) is 5.75 Å². The Balaban J connectivity index is 2.46. The molecule has 1 aromatic carbocycles. The SMILES string of the molecule is CSCc1ccc2ncoc2c1. The number of rotatable bonds is 2. The molecule has 0 aliphatic rings. The molecule has 0 saturated heterocycles. The molecule has 62 valence electrons. The molecular weight excluding hydrogens is 170 g/mol. The first-order valence-corrected chi connectivity index (χ1v) is 5.10. The van der Waals surface area contributed by atoms with E-state index >= 15 is 0 Å². The van der Waals surface area contributed by atoms with Gasteiger partial charge in [-0.25, -0.2) is 4.98 Å². The summed E-state index contributed by atoms with van der Waals surface area (Å²) in [5, 5.41) is 0. The zero-order valence-corrected chi connectivity index (χ0v) is 7.60. The van der Waals surface area contributed by atoms with Crippen molar-refractivity contribution in [2.45, 2.75) is 5.75 Å². The van der Waals surface area contributed by atoms with Crippen LogP contribution in [0.4, 0.5) is 0 Å². The molecule has 0 aliphatic heterocycles. The molecular formula is C9H9NOS. The number of hydrogen-bond acceptors (Lipinski definition) is 3. The van der Waals surface area contributed by atoms with Gasteiger partial charge in [0.25, 0.3) is 0 Å². The fourth-order valence-electron chi connectivity index (χ4n) is 1.16. The van der Waals surface area contributed by atoms with Crippen LogP contribution in [0.5, 0.6) is 0 Å². The number of thioether (sulfide) groups is 1. The van der Waals surface area contributed by atoms with Crippen molar-refractivity contribution in [1.82, 2.24) is 4.98 Å². The van der Waals surface area contributed by atoms with Gasteiger partial charge in [0.15, 0.2) is 12.0 Å². The predicted octanol–water partition coefficient (Wildman–Crippen LogP) is 2.69. The predicted molar refractivity (Wildman–Crippen MR) is 51.2 cm³/mol. The van der Waals surface area contributed by atoms with Crippen LogP contribution in [0, 0.1) is 0 Å². The Labute approximate surface area is 75.0 Å². The highest BCUT2D eigenvalue weighted by atomic mass is 32.2. The minimum Gasteiger partial charge on any atom is -0.443 e. The first-order chi connectivity index (χ1) is 5.90. The van der Waals surface area contributed by atoms with E-state index in [-0.39, 0.29) is 0 Å². The Morgan fingerprint density at radius 1 is 1.50 bits per heavy atom. The third kappa shape index (κ3) is 1.32. The van der Waals surface area contributed by atoms with E-state index in [9.17, 15) is 0 Å². The van der Waals surface area contributed by atoms with Gasteiger partial charge in [-0.05, 0) is 24.0 Å². The zero-order chi connectivity index (χ0) is 8.39. The van der Waals surface area contributed by atoms with Gasteiger partial charge in [-0.3, -0.25) is 0 Å². The van der Waals surface area contributed by atoms with Gasteiger partial charge in [0.2, 0.25) is 0 Å². The maximum absolute atomic E-state index is 5.18. The van der Waals surface area contributed by atoms with Crippen LogP contribution >= 0.6 is 11.8 Å². The largest absolute Gasteiger partial charge is 0.443 e. The van der Waals surface area contributed by atoms with Crippen molar-refractivity contribution in [3.63, 3.8) is 0 Å². The third-order valence-electron chi connectivity index (χ3n) is 1.71. The number of oxazole rings is 1. The fourth-order valence-corrected chi connectivity index (χ4v) is 1.67. The maximum atomic E-state index is 5.18. The molecule has 3 heteroatoms. The number of nitrogens with zero attached hydrogens (tertiary/aromatic N) is 1. The van der Waals surface area contributed by atoms with Crippen molar-refractivity contribution in [2.75, 3.05) is 6.26 Å². The molecule has 1 heterocycles. The first-order valence-electron chi connectivity index (χ1n) is 3.71. The minimum atomic E-state index is 0.876. The average Bonchev–Trinajstić information content (AvgIpc) is 2.51. The Morgan fingerprint density at radius 2 is 2.42 bits per heavy atom. The van der Waals surface area contributed by atoms with Gasteiger partial charge < -0.3 is 4.42 Å². The second kappa shape index (κ2) is 3.19. The van der Waals surface area contributed by atoms with E-state index in [4.69, 9.17) is 4.42 Å². The molecule has 0 bridgehead atoms. The van der Waals surface area contributed by atoms with Crippen molar-refractivity contribution in [3.05, 3.63) is 30.2 Å². The van der Waals surface area contributed by atoms with E-state index in [1.807, 2.05) is 12.1 Å². The topological polar surface area (TPSA) is 26.0 Å². The highest BCUT2D eigenvalue weighted by Gasteiger charge is 1.98. The highest BCUT2D eigenvalue weighted by Crippen LogP contribution is 2.16. The molecule has 0 aliphatic carbocycles. The van der Waals surface area contributed by atoms with Crippen molar-refractivity contribution >= 4 is 22.9 Å². The van der Waals surface area contributed by atoms with Crippen LogP contribution in [0.3, 0.4) is 0 Å². The molecule has 2 nitrogen and oxygen atoms in total. The summed E-state index contributed by atoms with van der Waals surface area (Å²) in [6.45, 7) is 0. The quantitative estimate of drug-likeness (QED) is 0.709. The number of benzene rings is 1. The van der Waals surface area contributed by atoms with Crippen molar-refractivity contribution < 1.29 is 4.42 Å². The van der Waals surface area contributed by atoms with Crippen LogP contribution in [-0.2, 0) is 5.75 Å². The van der Waals surface area contributed by atoms with Crippen LogP contribution in [0.1, 0.15) is 5.56 Å². The van der Waals surface area contributed by atoms with E-state index in [1.165, 1.54) is 12.0 Å². The summed E-state index contributed by atoms with van der Waals surface area (Å²) >= 11 is 1.80. The minimum absolute atomic E-state index is 0.876. The molecule has 0 radical (unpaired) electrons. The normalized spacial score (nSPS) is 10.8. The lowest BCUT2D eigenvalue weighted by atomic mass is 10.2. The Bertz CT molecular complexity index is 383. The van der Waals surface area contributed by atoms with E-state index in [1.54, 1.807) is 11.8 Å². The van der Waals surface area contributed by atoms with Crippen LogP contribution < -0.4 is 0 Å². The number of fused-ring (bicyclic) bond motifs is 1. The molecule has 12 heavy (non-hydrogen) atoms. The van der Waals surface area contributed by atoms with Gasteiger partial charge in [-0.1, -0.05) is 6.07 Å². The number of hydrogen-bond donors (Lipinski definition) is 0. The van der Waals surface area contributed by atoms with Crippen LogP contribution in [0.25, 0.3) is 11.1 Å². The molecule has 0 spiro atoms. The van der Waals surface area contributed by atoms with Crippen molar-refractivity contribution in [2.24, 2.45) is 0 Å². The average molecular weight is 179 g/mol. The smallest absolute Gasteiger partial charge is 0.181 e. The zero-order valence-electron chi connectivity index (χ0n) is 6.78. The lowest BCUT2D eigenvalue weighted by Gasteiger charge is -1.95. The molecule has 0 unspecified atom stereocenters. The molecule has 1 aromatic heterocycles. The molecule has 2 rings (SSSR count). The van der Waals surface area contributed by atoms with E-state index < -0.39 is 0 Å². The molecule has 0 amide bonds. The fraction of sp³-hybridized carbons (Fsp3) is 0.222. The molecule has 0 saturated carbocycles. The maximum Gasteiger partial charge on any atom is 0.181 e. The lowest BCUT2D eigenvalue weighted by Crippen LogP contribution is -1.78. The van der Waals surface area contributed by atoms with Crippen molar-refractivity contribution in [3.8, 4) is 0 Å². The van der Waals surface area contributed by atoms with Gasteiger partial charge in [-0.15, -0.1) is 0 Å². The van der Waals surface area contributed by atoms with Gasteiger partial charge in [0.1, 0.15) is 5.52 Å². The van der Waals surface area contributed by atoms with E-state index in [0.717, 1.165) is 16.9 Å². The van der Waals surface area contributed by atoms with Crippen LogP contribution in [0.2, 0.25) is 0 Å². The Kier molecular flexibility index (Phi) is 2.04. The van der Waals surface area contributed by atoms with E-state index in [2.05, 4.69) is 17.3 Å². The van der Waals surface area contributed by atoms with Crippen molar-refractivity contribution in [1.29, 1.82) is 0 Å². The molecule has 0 fully saturated rings. The summed E-state index contributed by atoms with van der Waals surface area (Å²) in [5.74, 6) is 1.02. The first kappa shape index (κ1) is 7.68. The summed E-state index contributed by atoms with van der Waals surface area (Å²) in [6, 6.07) is 6.12. The molecule has 2 aromatic rings. The summed E-state index contributed by atoms with van der Waals surface area (Å²) < 4.78 is 5.18. The Hall–Kier alpha value is -0.960. The summed E-state index contributed by atoms with van der Waals surface area (Å²) in [5.41, 5.74) is 3.09. The Morgan fingerprint density at radius 3 is 3.25 bits per heavy atom. The standard InChI is InChI=1S/C9H9NOS/c1-12-5-7-2-3-8-9(4-7)11-6-10-8/h2-4,6H,5H2,1H3. The molecule has 0 N–H and O–H groups in total.